The van der Waals surface area contributed by atoms with Crippen LogP contribution in [-0.4, -0.2) is 23.1 Å². The number of aromatic amines is 1. The molecule has 100 valence electrons. The van der Waals surface area contributed by atoms with Gasteiger partial charge in [-0.05, 0) is 12.8 Å². The first-order valence-corrected chi connectivity index (χ1v) is 5.90. The number of H-pyrrole nitrogens is 1. The molecule has 4 nitrogen and oxygen atoms in total. The van der Waals surface area contributed by atoms with Gasteiger partial charge in [-0.3, -0.25) is 9.78 Å². The summed E-state index contributed by atoms with van der Waals surface area (Å²) >= 11 is 0. The summed E-state index contributed by atoms with van der Waals surface area (Å²) in [6.45, 7) is 1.26. The van der Waals surface area contributed by atoms with Crippen LogP contribution in [0.15, 0.2) is 10.9 Å². The summed E-state index contributed by atoms with van der Waals surface area (Å²) in [4.78, 5) is 18.9. The van der Waals surface area contributed by atoms with Crippen molar-refractivity contribution in [3.63, 3.8) is 0 Å². The molecule has 1 aromatic rings. The normalized spacial score (nSPS) is 17.6. The van der Waals surface area contributed by atoms with Crippen LogP contribution in [0.5, 0.6) is 0 Å². The molecule has 0 saturated carbocycles. The van der Waals surface area contributed by atoms with Crippen LogP contribution in [0.25, 0.3) is 0 Å². The molecule has 2 heterocycles. The zero-order chi connectivity index (χ0) is 13.2. The maximum atomic E-state index is 12.6. The van der Waals surface area contributed by atoms with Gasteiger partial charge in [-0.15, -0.1) is 0 Å². The molecular formula is C11H14F3N3O. The van der Waals surface area contributed by atoms with Crippen LogP contribution in [0.4, 0.5) is 19.1 Å². The number of nitrogens with one attached hydrogen (secondary N) is 1. The number of rotatable bonds is 1. The third-order valence-corrected chi connectivity index (χ3v) is 2.93. The Bertz CT molecular complexity index is 461. The van der Waals surface area contributed by atoms with Crippen LogP contribution < -0.4 is 10.5 Å². The Morgan fingerprint density at radius 2 is 1.78 bits per heavy atom. The molecule has 0 atom stereocenters. The van der Waals surface area contributed by atoms with E-state index in [1.165, 1.54) is 0 Å². The van der Waals surface area contributed by atoms with Crippen LogP contribution >= 0.6 is 0 Å². The molecule has 18 heavy (non-hydrogen) atoms. The highest BCUT2D eigenvalue weighted by molar-refractivity contribution is 5.31. The van der Waals surface area contributed by atoms with Crippen molar-refractivity contribution in [2.75, 3.05) is 18.0 Å². The molecular weight excluding hydrogens is 247 g/mol. The summed E-state index contributed by atoms with van der Waals surface area (Å²) < 4.78 is 37.7. The highest BCUT2D eigenvalue weighted by Gasteiger charge is 2.34. The van der Waals surface area contributed by atoms with E-state index in [0.29, 0.717) is 19.2 Å². The highest BCUT2D eigenvalue weighted by atomic mass is 19.4. The molecule has 0 aliphatic carbocycles. The first-order valence-electron chi connectivity index (χ1n) is 5.90. The lowest BCUT2D eigenvalue weighted by molar-refractivity contribution is -0.141. The smallest absolute Gasteiger partial charge is 0.342 e. The van der Waals surface area contributed by atoms with Crippen molar-refractivity contribution in [1.82, 2.24) is 9.97 Å². The van der Waals surface area contributed by atoms with Crippen molar-refractivity contribution in [1.29, 1.82) is 0 Å². The third kappa shape index (κ3) is 3.02. The number of anilines is 1. The molecule has 0 bridgehead atoms. The van der Waals surface area contributed by atoms with Gasteiger partial charge in [0.25, 0.3) is 5.56 Å². The predicted molar refractivity (Wildman–Crippen MR) is 60.5 cm³/mol. The van der Waals surface area contributed by atoms with Crippen molar-refractivity contribution in [2.45, 2.75) is 31.9 Å². The first kappa shape index (κ1) is 12.9. The summed E-state index contributed by atoms with van der Waals surface area (Å²) in [6, 6.07) is 0.487. The zero-order valence-electron chi connectivity index (χ0n) is 9.76. The fourth-order valence-corrected chi connectivity index (χ4v) is 2.02. The van der Waals surface area contributed by atoms with E-state index in [0.717, 1.165) is 25.7 Å². The van der Waals surface area contributed by atoms with E-state index >= 15 is 0 Å². The van der Waals surface area contributed by atoms with E-state index < -0.39 is 17.4 Å². The van der Waals surface area contributed by atoms with E-state index in [-0.39, 0.29) is 5.95 Å². The molecule has 1 aliphatic rings. The number of hydrogen-bond acceptors (Lipinski definition) is 3. The SMILES string of the molecule is O=c1cc(C(F)(F)F)nc(N2CCCCCC2)[nH]1. The number of nitrogens with zero attached hydrogens (tertiary/aromatic N) is 2. The Morgan fingerprint density at radius 3 is 2.33 bits per heavy atom. The fraction of sp³-hybridized carbons (Fsp3) is 0.636. The van der Waals surface area contributed by atoms with E-state index in [1.54, 1.807) is 4.90 Å². The Labute approximate surface area is 102 Å². The highest BCUT2D eigenvalue weighted by Crippen LogP contribution is 2.27. The van der Waals surface area contributed by atoms with Crippen molar-refractivity contribution in [3.8, 4) is 0 Å². The van der Waals surface area contributed by atoms with Crippen LogP contribution in [0.1, 0.15) is 31.4 Å². The van der Waals surface area contributed by atoms with Crippen molar-refractivity contribution >= 4 is 5.95 Å². The summed E-state index contributed by atoms with van der Waals surface area (Å²) in [6.07, 6.45) is -0.672. The summed E-state index contributed by atoms with van der Waals surface area (Å²) in [7, 11) is 0. The second kappa shape index (κ2) is 4.99. The largest absolute Gasteiger partial charge is 0.433 e. The Morgan fingerprint density at radius 1 is 1.17 bits per heavy atom. The molecule has 1 N–H and O–H groups in total. The predicted octanol–water partition coefficient (Wildman–Crippen LogP) is 2.17. The first-order chi connectivity index (χ1) is 8.47. The van der Waals surface area contributed by atoms with Gasteiger partial charge in [-0.25, -0.2) is 4.98 Å². The Balaban J connectivity index is 2.32. The van der Waals surface area contributed by atoms with E-state index in [4.69, 9.17) is 0 Å². The number of halogens is 3. The molecule has 0 spiro atoms. The molecule has 7 heteroatoms. The van der Waals surface area contributed by atoms with E-state index in [9.17, 15) is 18.0 Å². The van der Waals surface area contributed by atoms with E-state index in [2.05, 4.69) is 9.97 Å². The van der Waals surface area contributed by atoms with Gasteiger partial charge >= 0.3 is 6.18 Å². The lowest BCUT2D eigenvalue weighted by Crippen LogP contribution is -2.29. The van der Waals surface area contributed by atoms with Gasteiger partial charge in [0.2, 0.25) is 5.95 Å². The van der Waals surface area contributed by atoms with Crippen molar-refractivity contribution < 1.29 is 13.2 Å². The second-order valence-electron chi connectivity index (χ2n) is 4.35. The molecule has 2 rings (SSSR count). The van der Waals surface area contributed by atoms with Gasteiger partial charge in [0.05, 0.1) is 0 Å². The molecule has 1 fully saturated rings. The van der Waals surface area contributed by atoms with Gasteiger partial charge in [0, 0.05) is 19.2 Å². The number of aromatic nitrogens is 2. The molecule has 0 radical (unpaired) electrons. The average Bonchev–Trinajstić information content (AvgIpc) is 2.55. The minimum atomic E-state index is -4.59. The average molecular weight is 261 g/mol. The van der Waals surface area contributed by atoms with Gasteiger partial charge < -0.3 is 4.90 Å². The van der Waals surface area contributed by atoms with Gasteiger partial charge in [-0.2, -0.15) is 13.2 Å². The summed E-state index contributed by atoms with van der Waals surface area (Å²) in [5.41, 5.74) is -1.90. The number of hydrogen-bond donors (Lipinski definition) is 1. The standard InChI is InChI=1S/C11H14F3N3O/c12-11(13,14)8-7-9(18)16-10(15-8)17-5-3-1-2-4-6-17/h7H,1-6H2,(H,15,16,18). The van der Waals surface area contributed by atoms with Crippen molar-refractivity contribution in [2.24, 2.45) is 0 Å². The Hall–Kier alpha value is -1.53. The second-order valence-corrected chi connectivity index (χ2v) is 4.35. The van der Waals surface area contributed by atoms with Crippen LogP contribution in [0.2, 0.25) is 0 Å². The topological polar surface area (TPSA) is 49.0 Å². The quantitative estimate of drug-likeness (QED) is 0.842. The molecule has 1 aromatic heterocycles. The molecule has 0 amide bonds. The zero-order valence-corrected chi connectivity index (χ0v) is 9.76. The van der Waals surface area contributed by atoms with Gasteiger partial charge in [0.15, 0.2) is 5.69 Å². The van der Waals surface area contributed by atoms with Crippen molar-refractivity contribution in [3.05, 3.63) is 22.1 Å². The fourth-order valence-electron chi connectivity index (χ4n) is 2.02. The molecule has 0 aromatic carbocycles. The van der Waals surface area contributed by atoms with Crippen LogP contribution in [-0.2, 0) is 6.18 Å². The summed E-state index contributed by atoms with van der Waals surface area (Å²) in [5, 5.41) is 0. The maximum absolute atomic E-state index is 12.6. The Kier molecular flexibility index (Phi) is 3.58. The lowest BCUT2D eigenvalue weighted by atomic mass is 10.2. The third-order valence-electron chi connectivity index (χ3n) is 2.93. The van der Waals surface area contributed by atoms with Crippen LogP contribution in [0.3, 0.4) is 0 Å². The molecule has 1 aliphatic heterocycles. The molecule has 0 unspecified atom stereocenters. The van der Waals surface area contributed by atoms with E-state index in [1.807, 2.05) is 0 Å². The van der Waals surface area contributed by atoms with Gasteiger partial charge in [-0.1, -0.05) is 12.8 Å². The monoisotopic (exact) mass is 261 g/mol. The molecule has 1 saturated heterocycles. The minimum absolute atomic E-state index is 0.0247. The van der Waals surface area contributed by atoms with Gasteiger partial charge in [0.1, 0.15) is 0 Å². The summed E-state index contributed by atoms with van der Waals surface area (Å²) in [5.74, 6) is 0.0247. The minimum Gasteiger partial charge on any atom is -0.342 e. The maximum Gasteiger partial charge on any atom is 0.433 e. The number of alkyl halides is 3. The van der Waals surface area contributed by atoms with Crippen LogP contribution in [0, 0.1) is 0 Å². The lowest BCUT2D eigenvalue weighted by Gasteiger charge is -2.21.